The number of aromatic amines is 1. The minimum Gasteiger partial charge on any atom is -0.345 e. The summed E-state index contributed by atoms with van der Waals surface area (Å²) in [6.45, 7) is 0. The summed E-state index contributed by atoms with van der Waals surface area (Å²) in [5, 5.41) is 5.47. The molecule has 0 spiro atoms. The molecule has 4 aromatic rings. The van der Waals surface area contributed by atoms with Gasteiger partial charge in [-0.05, 0) is 12.1 Å². The summed E-state index contributed by atoms with van der Waals surface area (Å²) in [5.41, 5.74) is 3.49. The van der Waals surface area contributed by atoms with Crippen LogP contribution in [0.2, 0.25) is 0 Å². The van der Waals surface area contributed by atoms with Gasteiger partial charge in [-0.2, -0.15) is 5.10 Å². The average molecular weight is 236 g/mol. The molecule has 86 valence electrons. The number of rotatable bonds is 1. The molecule has 0 amide bonds. The fourth-order valence-corrected chi connectivity index (χ4v) is 2.03. The first-order chi connectivity index (χ1) is 8.92. The van der Waals surface area contributed by atoms with E-state index in [1.165, 1.54) is 6.33 Å². The molecule has 0 aliphatic rings. The van der Waals surface area contributed by atoms with Gasteiger partial charge in [0.25, 0.3) is 0 Å². The van der Waals surface area contributed by atoms with E-state index in [2.05, 4.69) is 25.0 Å². The predicted octanol–water partition coefficient (Wildman–Crippen LogP) is 1.67. The van der Waals surface area contributed by atoms with Crippen LogP contribution >= 0.6 is 0 Å². The monoisotopic (exact) mass is 236 g/mol. The third kappa shape index (κ3) is 1.22. The molecule has 0 radical (unpaired) electrons. The molecule has 4 rings (SSSR count). The molecule has 0 saturated heterocycles. The lowest BCUT2D eigenvalue weighted by Gasteiger charge is -1.99. The Labute approximate surface area is 101 Å². The highest BCUT2D eigenvalue weighted by Crippen LogP contribution is 2.25. The molecule has 6 nitrogen and oxygen atoms in total. The number of H-pyrrole nitrogens is 1. The van der Waals surface area contributed by atoms with Crippen LogP contribution in [0.25, 0.3) is 27.9 Å². The van der Waals surface area contributed by atoms with Crippen LogP contribution in [0.3, 0.4) is 0 Å². The van der Waals surface area contributed by atoms with Crippen LogP contribution in [0, 0.1) is 0 Å². The molecule has 0 aliphatic heterocycles. The summed E-state index contributed by atoms with van der Waals surface area (Å²) in [5.74, 6) is 0. The van der Waals surface area contributed by atoms with Crippen LogP contribution in [-0.4, -0.2) is 29.5 Å². The Morgan fingerprint density at radius 2 is 2.17 bits per heavy atom. The van der Waals surface area contributed by atoms with Gasteiger partial charge in [0.1, 0.15) is 12.0 Å². The van der Waals surface area contributed by atoms with Gasteiger partial charge in [-0.15, -0.1) is 0 Å². The first kappa shape index (κ1) is 9.29. The van der Waals surface area contributed by atoms with E-state index in [0.717, 1.165) is 27.9 Å². The predicted molar refractivity (Wildman–Crippen MR) is 65.9 cm³/mol. The quantitative estimate of drug-likeness (QED) is 0.545. The van der Waals surface area contributed by atoms with Gasteiger partial charge in [-0.3, -0.25) is 0 Å². The molecule has 0 fully saturated rings. The van der Waals surface area contributed by atoms with Gasteiger partial charge in [0, 0.05) is 35.7 Å². The van der Waals surface area contributed by atoms with Gasteiger partial charge in [-0.1, -0.05) is 0 Å². The molecular weight excluding hydrogens is 228 g/mol. The van der Waals surface area contributed by atoms with E-state index in [0.29, 0.717) is 0 Å². The third-order valence-corrected chi connectivity index (χ3v) is 2.89. The standard InChI is InChI=1S/C12H8N6/c1-2-11-14-3-4-18(11)17-10(1)8-6-15-12-9(8)5-13-7-16-12/h1-7H,(H,13,15,16). The number of imidazole rings is 1. The minimum absolute atomic E-state index is 0.813. The van der Waals surface area contributed by atoms with Crippen molar-refractivity contribution in [3.8, 4) is 11.3 Å². The number of fused-ring (bicyclic) bond motifs is 2. The van der Waals surface area contributed by atoms with Crippen molar-refractivity contribution in [3.05, 3.63) is 43.2 Å². The lowest BCUT2D eigenvalue weighted by molar-refractivity contribution is 0.943. The van der Waals surface area contributed by atoms with Crippen LogP contribution in [0.1, 0.15) is 0 Å². The molecule has 18 heavy (non-hydrogen) atoms. The van der Waals surface area contributed by atoms with Gasteiger partial charge in [0.05, 0.1) is 5.69 Å². The summed E-state index contributed by atoms with van der Waals surface area (Å²) in [6, 6.07) is 3.88. The molecule has 0 aliphatic carbocycles. The zero-order valence-electron chi connectivity index (χ0n) is 9.28. The van der Waals surface area contributed by atoms with Crippen LogP contribution in [-0.2, 0) is 0 Å². The van der Waals surface area contributed by atoms with E-state index in [1.807, 2.05) is 24.5 Å². The van der Waals surface area contributed by atoms with Crippen molar-refractivity contribution in [2.24, 2.45) is 0 Å². The van der Waals surface area contributed by atoms with E-state index in [4.69, 9.17) is 0 Å². The van der Waals surface area contributed by atoms with Gasteiger partial charge in [0.15, 0.2) is 5.65 Å². The maximum absolute atomic E-state index is 4.51. The highest BCUT2D eigenvalue weighted by Gasteiger charge is 2.08. The molecule has 1 N–H and O–H groups in total. The van der Waals surface area contributed by atoms with Crippen molar-refractivity contribution >= 4 is 16.7 Å². The maximum Gasteiger partial charge on any atom is 0.153 e. The molecule has 0 aromatic carbocycles. The second kappa shape index (κ2) is 3.36. The van der Waals surface area contributed by atoms with Gasteiger partial charge in [0.2, 0.25) is 0 Å². The number of hydrogen-bond donors (Lipinski definition) is 1. The van der Waals surface area contributed by atoms with Crippen molar-refractivity contribution in [2.75, 3.05) is 0 Å². The topological polar surface area (TPSA) is 71.8 Å². The first-order valence-corrected chi connectivity index (χ1v) is 5.50. The lowest BCUT2D eigenvalue weighted by atomic mass is 10.2. The fourth-order valence-electron chi connectivity index (χ4n) is 2.03. The van der Waals surface area contributed by atoms with Gasteiger partial charge in [-0.25, -0.2) is 19.5 Å². The van der Waals surface area contributed by atoms with E-state index in [-0.39, 0.29) is 0 Å². The first-order valence-electron chi connectivity index (χ1n) is 5.50. The molecule has 0 atom stereocenters. The van der Waals surface area contributed by atoms with E-state index in [1.54, 1.807) is 16.9 Å². The second-order valence-corrected chi connectivity index (χ2v) is 3.94. The van der Waals surface area contributed by atoms with Crippen molar-refractivity contribution < 1.29 is 0 Å². The normalized spacial score (nSPS) is 11.3. The highest BCUT2D eigenvalue weighted by atomic mass is 15.2. The largest absolute Gasteiger partial charge is 0.345 e. The van der Waals surface area contributed by atoms with Crippen LogP contribution in [0.5, 0.6) is 0 Å². The molecule has 4 heterocycles. The number of nitrogens with one attached hydrogen (secondary N) is 1. The number of hydrogen-bond acceptors (Lipinski definition) is 4. The molecule has 0 saturated carbocycles. The lowest BCUT2D eigenvalue weighted by Crippen LogP contribution is -1.92. The minimum atomic E-state index is 0.813. The molecular formula is C12H8N6. The smallest absolute Gasteiger partial charge is 0.153 e. The Bertz CT molecular complexity index is 844. The van der Waals surface area contributed by atoms with Crippen molar-refractivity contribution in [1.29, 1.82) is 0 Å². The summed E-state index contributed by atoms with van der Waals surface area (Å²) >= 11 is 0. The number of aromatic nitrogens is 6. The fraction of sp³-hybridized carbons (Fsp3) is 0. The SMILES string of the molecule is c1ncc2c(-c3ccc4nccn4n3)c[nH]c2n1. The Hall–Kier alpha value is -2.76. The maximum atomic E-state index is 4.51. The summed E-state index contributed by atoms with van der Waals surface area (Å²) in [7, 11) is 0. The zero-order chi connectivity index (χ0) is 11.9. The highest BCUT2D eigenvalue weighted by molar-refractivity contribution is 5.91. The van der Waals surface area contributed by atoms with Crippen LogP contribution in [0.15, 0.2) is 43.2 Å². The Balaban J connectivity index is 2.00. The zero-order valence-corrected chi connectivity index (χ0v) is 9.28. The average Bonchev–Trinajstić information content (AvgIpc) is 3.04. The Morgan fingerprint density at radius 3 is 3.17 bits per heavy atom. The number of nitrogens with zero attached hydrogens (tertiary/aromatic N) is 5. The molecule has 0 unspecified atom stereocenters. The van der Waals surface area contributed by atoms with Gasteiger partial charge >= 0.3 is 0 Å². The van der Waals surface area contributed by atoms with Crippen molar-refractivity contribution in [3.63, 3.8) is 0 Å². The van der Waals surface area contributed by atoms with Gasteiger partial charge < -0.3 is 4.98 Å². The van der Waals surface area contributed by atoms with Crippen molar-refractivity contribution in [2.45, 2.75) is 0 Å². The van der Waals surface area contributed by atoms with E-state index >= 15 is 0 Å². The van der Waals surface area contributed by atoms with Crippen LogP contribution < -0.4 is 0 Å². The summed E-state index contributed by atoms with van der Waals surface area (Å²) in [6.07, 6.45) is 8.75. The Kier molecular flexibility index (Phi) is 1.74. The second-order valence-electron chi connectivity index (χ2n) is 3.94. The Morgan fingerprint density at radius 1 is 1.17 bits per heavy atom. The molecule has 6 heteroatoms. The molecule has 4 aromatic heterocycles. The molecule has 0 bridgehead atoms. The summed E-state index contributed by atoms with van der Waals surface area (Å²) < 4.78 is 1.75. The van der Waals surface area contributed by atoms with Crippen LogP contribution in [0.4, 0.5) is 0 Å². The third-order valence-electron chi connectivity index (χ3n) is 2.89. The van der Waals surface area contributed by atoms with E-state index in [9.17, 15) is 0 Å². The van der Waals surface area contributed by atoms with E-state index < -0.39 is 0 Å². The summed E-state index contributed by atoms with van der Waals surface area (Å²) in [4.78, 5) is 15.5. The van der Waals surface area contributed by atoms with Crippen molar-refractivity contribution in [1.82, 2.24) is 29.5 Å².